The molecule has 1 aliphatic rings. The number of ether oxygens (including phenoxy) is 1. The summed E-state index contributed by atoms with van der Waals surface area (Å²) in [5, 5.41) is 6.00. The quantitative estimate of drug-likeness (QED) is 0.386. The molecule has 1 aliphatic heterocycles. The lowest BCUT2D eigenvalue weighted by Gasteiger charge is -2.17. The van der Waals surface area contributed by atoms with E-state index in [0.717, 1.165) is 0 Å². The SMILES string of the molecule is CN=C(NCc1ccccc1OC(F)F)NC1CCS(=O)(=O)C1.I. The molecule has 0 amide bonds. The zero-order valence-electron chi connectivity index (χ0n) is 13.0. The highest BCUT2D eigenvalue weighted by Gasteiger charge is 2.28. The van der Waals surface area contributed by atoms with Crippen LogP contribution in [0.4, 0.5) is 8.78 Å². The minimum absolute atomic E-state index is 0. The van der Waals surface area contributed by atoms with Crippen LogP contribution in [0.1, 0.15) is 12.0 Å². The van der Waals surface area contributed by atoms with E-state index >= 15 is 0 Å². The van der Waals surface area contributed by atoms with E-state index in [2.05, 4.69) is 20.4 Å². The minimum Gasteiger partial charge on any atom is -0.434 e. The topological polar surface area (TPSA) is 79.8 Å². The fourth-order valence-electron chi connectivity index (χ4n) is 2.34. The first-order valence-corrected chi connectivity index (χ1v) is 8.92. The van der Waals surface area contributed by atoms with Gasteiger partial charge in [0.1, 0.15) is 5.75 Å². The van der Waals surface area contributed by atoms with Crippen LogP contribution < -0.4 is 15.4 Å². The van der Waals surface area contributed by atoms with Crippen molar-refractivity contribution in [1.82, 2.24) is 10.6 Å². The normalized spacial score (nSPS) is 19.7. The second-order valence-corrected chi connectivity index (χ2v) is 7.39. The maximum Gasteiger partial charge on any atom is 0.387 e. The Morgan fingerprint density at radius 1 is 1.42 bits per heavy atom. The maximum absolute atomic E-state index is 12.4. The van der Waals surface area contributed by atoms with E-state index in [1.165, 1.54) is 6.07 Å². The van der Waals surface area contributed by atoms with Crippen molar-refractivity contribution in [2.45, 2.75) is 25.6 Å². The summed E-state index contributed by atoms with van der Waals surface area (Å²) in [6, 6.07) is 6.26. The molecule has 1 saturated heterocycles. The van der Waals surface area contributed by atoms with Crippen molar-refractivity contribution >= 4 is 39.8 Å². The largest absolute Gasteiger partial charge is 0.434 e. The zero-order chi connectivity index (χ0) is 16.9. The molecular formula is C14H20F2IN3O3S. The van der Waals surface area contributed by atoms with E-state index < -0.39 is 16.4 Å². The Morgan fingerprint density at radius 2 is 2.12 bits per heavy atom. The Balaban J connectivity index is 0.00000288. The molecule has 0 saturated carbocycles. The number of rotatable bonds is 5. The van der Waals surface area contributed by atoms with Crippen molar-refractivity contribution < 1.29 is 21.9 Å². The van der Waals surface area contributed by atoms with Gasteiger partial charge < -0.3 is 15.4 Å². The van der Waals surface area contributed by atoms with Gasteiger partial charge in [0.2, 0.25) is 0 Å². The van der Waals surface area contributed by atoms with Crippen LogP contribution in [-0.2, 0) is 16.4 Å². The molecule has 0 bridgehead atoms. The van der Waals surface area contributed by atoms with Crippen molar-refractivity contribution in [3.8, 4) is 5.75 Å². The minimum atomic E-state index is -2.99. The van der Waals surface area contributed by atoms with E-state index in [1.54, 1.807) is 25.2 Å². The van der Waals surface area contributed by atoms with Crippen LogP contribution in [0.15, 0.2) is 29.3 Å². The molecule has 24 heavy (non-hydrogen) atoms. The van der Waals surface area contributed by atoms with Gasteiger partial charge >= 0.3 is 6.61 Å². The summed E-state index contributed by atoms with van der Waals surface area (Å²) >= 11 is 0. The van der Waals surface area contributed by atoms with E-state index in [4.69, 9.17) is 0 Å². The summed E-state index contributed by atoms with van der Waals surface area (Å²) in [4.78, 5) is 4.02. The molecule has 10 heteroatoms. The summed E-state index contributed by atoms with van der Waals surface area (Å²) in [6.45, 7) is -2.67. The third-order valence-electron chi connectivity index (χ3n) is 3.43. The molecular weight excluding hydrogens is 455 g/mol. The number of aliphatic imine (C=N–C) groups is 1. The monoisotopic (exact) mass is 475 g/mol. The Morgan fingerprint density at radius 3 is 2.71 bits per heavy atom. The molecule has 2 rings (SSSR count). The van der Waals surface area contributed by atoms with Crippen LogP contribution in [0.25, 0.3) is 0 Å². The summed E-state index contributed by atoms with van der Waals surface area (Å²) in [5.74, 6) is 0.735. The van der Waals surface area contributed by atoms with Gasteiger partial charge in [-0.2, -0.15) is 8.78 Å². The molecule has 1 atom stereocenters. The third-order valence-corrected chi connectivity index (χ3v) is 5.20. The van der Waals surface area contributed by atoms with Gasteiger partial charge in [-0.25, -0.2) is 8.42 Å². The Labute approximate surface area is 157 Å². The standard InChI is InChI=1S/C14H19F2N3O3S.HI/c1-17-14(19-11-6-7-23(20,21)9-11)18-8-10-4-2-3-5-12(10)22-13(15)16;/h2-5,11,13H,6-9H2,1H3,(H2,17,18,19);1H. The number of para-hydroxylation sites is 1. The molecule has 136 valence electrons. The first kappa shape index (κ1) is 20.9. The molecule has 1 aromatic rings. The third kappa shape index (κ3) is 6.38. The van der Waals surface area contributed by atoms with Gasteiger partial charge in [0, 0.05) is 25.2 Å². The van der Waals surface area contributed by atoms with Crippen molar-refractivity contribution in [3.05, 3.63) is 29.8 Å². The number of halogens is 3. The van der Waals surface area contributed by atoms with E-state index in [9.17, 15) is 17.2 Å². The first-order valence-electron chi connectivity index (χ1n) is 7.10. The van der Waals surface area contributed by atoms with E-state index in [0.29, 0.717) is 17.9 Å². The van der Waals surface area contributed by atoms with E-state index in [1.807, 2.05) is 0 Å². The summed E-state index contributed by atoms with van der Waals surface area (Å²) in [7, 11) is -1.43. The van der Waals surface area contributed by atoms with Crippen molar-refractivity contribution in [2.75, 3.05) is 18.6 Å². The molecule has 2 N–H and O–H groups in total. The Bertz CT molecular complexity index is 671. The van der Waals surface area contributed by atoms with Crippen LogP contribution >= 0.6 is 24.0 Å². The highest BCUT2D eigenvalue weighted by Crippen LogP contribution is 2.20. The number of sulfone groups is 1. The predicted molar refractivity (Wildman–Crippen MR) is 98.9 cm³/mol. The van der Waals surface area contributed by atoms with Gasteiger partial charge in [0.25, 0.3) is 0 Å². The van der Waals surface area contributed by atoms with Gasteiger partial charge in [0.15, 0.2) is 15.8 Å². The summed E-state index contributed by atoms with van der Waals surface area (Å²) in [6.07, 6.45) is 0.522. The van der Waals surface area contributed by atoms with Crippen LogP contribution in [0.3, 0.4) is 0 Å². The van der Waals surface area contributed by atoms with Crippen molar-refractivity contribution in [3.63, 3.8) is 0 Å². The molecule has 6 nitrogen and oxygen atoms in total. The van der Waals surface area contributed by atoms with Gasteiger partial charge in [-0.3, -0.25) is 4.99 Å². The van der Waals surface area contributed by atoms with Crippen LogP contribution in [0.5, 0.6) is 5.75 Å². The molecule has 0 aliphatic carbocycles. The van der Waals surface area contributed by atoms with E-state index in [-0.39, 0.29) is 53.8 Å². The second-order valence-electron chi connectivity index (χ2n) is 5.16. The van der Waals surface area contributed by atoms with Crippen molar-refractivity contribution in [2.24, 2.45) is 4.99 Å². The molecule has 1 heterocycles. The number of benzene rings is 1. The lowest BCUT2D eigenvalue weighted by Crippen LogP contribution is -2.43. The average Bonchev–Trinajstić information content (AvgIpc) is 2.83. The maximum atomic E-state index is 12.4. The number of nitrogens with zero attached hydrogens (tertiary/aromatic N) is 1. The van der Waals surface area contributed by atoms with Gasteiger partial charge in [-0.05, 0) is 12.5 Å². The smallest absolute Gasteiger partial charge is 0.387 e. The van der Waals surface area contributed by atoms with Gasteiger partial charge in [-0.1, -0.05) is 18.2 Å². The fraction of sp³-hybridized carbons (Fsp3) is 0.500. The van der Waals surface area contributed by atoms with Gasteiger partial charge in [-0.15, -0.1) is 24.0 Å². The number of guanidine groups is 1. The Kier molecular flexibility index (Phi) is 8.13. The molecule has 1 fully saturated rings. The highest BCUT2D eigenvalue weighted by molar-refractivity contribution is 14.0. The molecule has 0 aromatic heterocycles. The predicted octanol–water partition coefficient (Wildman–Crippen LogP) is 1.76. The number of nitrogens with one attached hydrogen (secondary N) is 2. The molecule has 0 spiro atoms. The second kappa shape index (κ2) is 9.35. The zero-order valence-corrected chi connectivity index (χ0v) is 16.2. The van der Waals surface area contributed by atoms with Crippen LogP contribution in [0.2, 0.25) is 0 Å². The molecule has 1 aromatic carbocycles. The Hall–Kier alpha value is -1.17. The molecule has 1 unspecified atom stereocenters. The van der Waals surface area contributed by atoms with Crippen LogP contribution in [-0.4, -0.2) is 45.6 Å². The summed E-state index contributed by atoms with van der Waals surface area (Å²) < 4.78 is 52.1. The lowest BCUT2D eigenvalue weighted by atomic mass is 10.2. The van der Waals surface area contributed by atoms with Gasteiger partial charge in [0.05, 0.1) is 11.5 Å². The van der Waals surface area contributed by atoms with Crippen molar-refractivity contribution in [1.29, 1.82) is 0 Å². The number of hydrogen-bond acceptors (Lipinski definition) is 4. The average molecular weight is 475 g/mol. The number of hydrogen-bond donors (Lipinski definition) is 2. The lowest BCUT2D eigenvalue weighted by molar-refractivity contribution is -0.0504. The highest BCUT2D eigenvalue weighted by atomic mass is 127. The van der Waals surface area contributed by atoms with Crippen LogP contribution in [0, 0.1) is 0 Å². The molecule has 0 radical (unpaired) electrons. The number of alkyl halides is 2. The first-order chi connectivity index (χ1) is 10.9. The summed E-state index contributed by atoms with van der Waals surface area (Å²) in [5.41, 5.74) is 0.551. The fourth-order valence-corrected chi connectivity index (χ4v) is 4.01.